The van der Waals surface area contributed by atoms with Crippen LogP contribution in [0.4, 0.5) is 5.69 Å². The molecule has 0 bridgehead atoms. The molecule has 1 heterocycles. The van der Waals surface area contributed by atoms with Crippen molar-refractivity contribution in [3.8, 4) is 0 Å². The summed E-state index contributed by atoms with van der Waals surface area (Å²) in [6.45, 7) is 0.647. The van der Waals surface area contributed by atoms with E-state index in [2.05, 4.69) is 0 Å². The van der Waals surface area contributed by atoms with Gasteiger partial charge in [0.1, 0.15) is 0 Å². The average Bonchev–Trinajstić information content (AvgIpc) is 2.70. The molecule has 1 saturated carbocycles. The molecule has 0 amide bonds. The molecule has 21 heavy (non-hydrogen) atoms. The Hall–Kier alpha value is -1.51. The summed E-state index contributed by atoms with van der Waals surface area (Å²) in [4.78, 5) is 10.2. The number of nitro groups is 1. The van der Waals surface area contributed by atoms with Crippen molar-refractivity contribution in [2.24, 2.45) is 11.7 Å². The third-order valence-corrected chi connectivity index (χ3v) is 6.87. The molecule has 0 aromatic heterocycles. The van der Waals surface area contributed by atoms with E-state index in [4.69, 9.17) is 5.73 Å². The van der Waals surface area contributed by atoms with Crippen LogP contribution in [0.5, 0.6) is 0 Å². The van der Waals surface area contributed by atoms with Crippen LogP contribution in [-0.4, -0.2) is 36.3 Å². The van der Waals surface area contributed by atoms with Crippen LogP contribution in [0.25, 0.3) is 0 Å². The molecule has 8 heteroatoms. The molecule has 1 aliphatic heterocycles. The van der Waals surface area contributed by atoms with Gasteiger partial charge in [-0.3, -0.25) is 10.1 Å². The summed E-state index contributed by atoms with van der Waals surface area (Å²) in [5, 5.41) is 11.1. The van der Waals surface area contributed by atoms with E-state index in [1.807, 2.05) is 0 Å². The highest BCUT2D eigenvalue weighted by Gasteiger charge is 2.58. The normalized spacial score (nSPS) is 28.9. The van der Waals surface area contributed by atoms with Gasteiger partial charge in [-0.1, -0.05) is 12.1 Å². The van der Waals surface area contributed by atoms with E-state index in [-0.39, 0.29) is 23.0 Å². The second kappa shape index (κ2) is 4.75. The number of benzene rings is 1. The molecular formula is C13H17N3O4S. The van der Waals surface area contributed by atoms with Gasteiger partial charge in [-0.2, -0.15) is 4.31 Å². The monoisotopic (exact) mass is 311 g/mol. The molecule has 7 nitrogen and oxygen atoms in total. The van der Waals surface area contributed by atoms with E-state index < -0.39 is 20.5 Å². The predicted molar refractivity (Wildman–Crippen MR) is 76.1 cm³/mol. The maximum absolute atomic E-state index is 12.9. The lowest BCUT2D eigenvalue weighted by atomic mass is 9.68. The van der Waals surface area contributed by atoms with Gasteiger partial charge in [-0.05, 0) is 31.2 Å². The van der Waals surface area contributed by atoms with Crippen LogP contribution in [0.1, 0.15) is 19.3 Å². The highest BCUT2D eigenvalue weighted by Crippen LogP contribution is 2.52. The largest absolute Gasteiger partial charge is 0.329 e. The number of sulfonamides is 1. The van der Waals surface area contributed by atoms with E-state index in [1.165, 1.54) is 28.6 Å². The Morgan fingerprint density at radius 3 is 2.67 bits per heavy atom. The minimum Gasteiger partial charge on any atom is -0.329 e. The molecule has 1 saturated heterocycles. The highest BCUT2D eigenvalue weighted by atomic mass is 32.2. The van der Waals surface area contributed by atoms with Gasteiger partial charge < -0.3 is 5.73 Å². The lowest BCUT2D eigenvalue weighted by Crippen LogP contribution is -2.60. The van der Waals surface area contributed by atoms with E-state index in [0.29, 0.717) is 6.54 Å². The summed E-state index contributed by atoms with van der Waals surface area (Å²) in [7, 11) is -3.90. The van der Waals surface area contributed by atoms with Crippen molar-refractivity contribution >= 4 is 15.7 Å². The predicted octanol–water partition coefficient (Wildman–Crippen LogP) is 1.10. The number of hydrogen-bond donors (Lipinski definition) is 1. The zero-order valence-corrected chi connectivity index (χ0v) is 12.3. The van der Waals surface area contributed by atoms with Gasteiger partial charge in [0.25, 0.3) is 5.69 Å². The highest BCUT2D eigenvalue weighted by molar-refractivity contribution is 7.89. The molecule has 114 valence electrons. The molecule has 2 fully saturated rings. The third-order valence-electron chi connectivity index (χ3n) is 4.85. The summed E-state index contributed by atoms with van der Waals surface area (Å²) < 4.78 is 27.2. The van der Waals surface area contributed by atoms with Crippen molar-refractivity contribution in [2.45, 2.75) is 29.7 Å². The molecule has 1 aromatic rings. The Labute approximate surface area is 122 Å². The number of nitro benzene ring substituents is 1. The van der Waals surface area contributed by atoms with Gasteiger partial charge in [0.2, 0.25) is 10.0 Å². The second-order valence-electron chi connectivity index (χ2n) is 5.63. The number of para-hydroxylation sites is 1. The summed E-state index contributed by atoms with van der Waals surface area (Å²) >= 11 is 0. The standard InChI is InChI=1S/C13H17N3O4S/c14-9-13-7-5-10(13)6-8-15(13)21(19,20)12-4-2-1-3-11(12)16(17)18/h1-4,10H,5-9,14H2. The average molecular weight is 311 g/mol. The fraction of sp³-hybridized carbons (Fsp3) is 0.538. The summed E-state index contributed by atoms with van der Waals surface area (Å²) in [6.07, 6.45) is 2.48. The maximum atomic E-state index is 12.9. The van der Waals surface area contributed by atoms with Crippen LogP contribution in [0.15, 0.2) is 29.2 Å². The zero-order chi connectivity index (χ0) is 15.3. The molecule has 0 radical (unpaired) electrons. The second-order valence-corrected chi connectivity index (χ2v) is 7.46. The van der Waals surface area contributed by atoms with Crippen LogP contribution < -0.4 is 5.73 Å². The van der Waals surface area contributed by atoms with Crippen molar-refractivity contribution in [1.82, 2.24) is 4.31 Å². The van der Waals surface area contributed by atoms with E-state index in [9.17, 15) is 18.5 Å². The van der Waals surface area contributed by atoms with Crippen LogP contribution in [-0.2, 0) is 10.0 Å². The molecule has 0 spiro atoms. The van der Waals surface area contributed by atoms with Gasteiger partial charge in [-0.15, -0.1) is 0 Å². The Morgan fingerprint density at radius 2 is 2.10 bits per heavy atom. The molecular weight excluding hydrogens is 294 g/mol. The molecule has 2 N–H and O–H groups in total. The Balaban J connectivity index is 2.08. The van der Waals surface area contributed by atoms with Crippen LogP contribution in [0.2, 0.25) is 0 Å². The quantitative estimate of drug-likeness (QED) is 0.662. The third kappa shape index (κ3) is 1.90. The zero-order valence-electron chi connectivity index (χ0n) is 11.4. The van der Waals surface area contributed by atoms with E-state index in [1.54, 1.807) is 0 Å². The first-order valence-electron chi connectivity index (χ1n) is 6.90. The Bertz CT molecular complexity index is 686. The Kier molecular flexibility index (Phi) is 3.27. The molecule has 2 aliphatic rings. The van der Waals surface area contributed by atoms with Gasteiger partial charge in [0.05, 0.1) is 10.5 Å². The molecule has 1 aliphatic carbocycles. The van der Waals surface area contributed by atoms with Gasteiger partial charge >= 0.3 is 0 Å². The van der Waals surface area contributed by atoms with Crippen molar-refractivity contribution < 1.29 is 13.3 Å². The first-order chi connectivity index (χ1) is 9.93. The van der Waals surface area contributed by atoms with Crippen LogP contribution >= 0.6 is 0 Å². The number of nitrogens with two attached hydrogens (primary N) is 1. The van der Waals surface area contributed by atoms with Gasteiger partial charge in [0.15, 0.2) is 4.90 Å². The van der Waals surface area contributed by atoms with E-state index >= 15 is 0 Å². The fourth-order valence-corrected chi connectivity index (χ4v) is 5.63. The van der Waals surface area contributed by atoms with Crippen molar-refractivity contribution in [3.63, 3.8) is 0 Å². The Morgan fingerprint density at radius 1 is 1.38 bits per heavy atom. The number of rotatable bonds is 4. The van der Waals surface area contributed by atoms with Crippen LogP contribution in [0, 0.1) is 16.0 Å². The molecule has 2 unspecified atom stereocenters. The molecule has 3 rings (SSSR count). The van der Waals surface area contributed by atoms with Crippen LogP contribution in [0.3, 0.4) is 0 Å². The SMILES string of the molecule is NCC12CCC1CCN2S(=O)(=O)c1ccccc1[N+](=O)[O-]. The minimum absolute atomic E-state index is 0.240. The number of fused-ring (bicyclic) bond motifs is 1. The smallest absolute Gasteiger partial charge is 0.289 e. The molecule has 2 atom stereocenters. The lowest BCUT2D eigenvalue weighted by Gasteiger charge is -2.48. The van der Waals surface area contributed by atoms with E-state index in [0.717, 1.165) is 19.3 Å². The lowest BCUT2D eigenvalue weighted by molar-refractivity contribution is -0.387. The molecule has 1 aromatic carbocycles. The maximum Gasteiger partial charge on any atom is 0.289 e. The van der Waals surface area contributed by atoms with Crippen molar-refractivity contribution in [3.05, 3.63) is 34.4 Å². The fourth-order valence-electron chi connectivity index (χ4n) is 3.59. The summed E-state index contributed by atoms with van der Waals surface area (Å²) in [5.74, 6) is 0.278. The number of nitrogens with zero attached hydrogens (tertiary/aromatic N) is 2. The van der Waals surface area contributed by atoms with Gasteiger partial charge in [-0.25, -0.2) is 8.42 Å². The van der Waals surface area contributed by atoms with Gasteiger partial charge in [0, 0.05) is 19.2 Å². The van der Waals surface area contributed by atoms with Crippen molar-refractivity contribution in [2.75, 3.05) is 13.1 Å². The van der Waals surface area contributed by atoms with Crippen molar-refractivity contribution in [1.29, 1.82) is 0 Å². The first kappa shape index (κ1) is 14.4. The summed E-state index contributed by atoms with van der Waals surface area (Å²) in [6, 6.07) is 5.48. The number of hydrogen-bond acceptors (Lipinski definition) is 5. The first-order valence-corrected chi connectivity index (χ1v) is 8.34. The minimum atomic E-state index is -3.90. The topological polar surface area (TPSA) is 107 Å². The summed E-state index contributed by atoms with van der Waals surface area (Å²) in [5.41, 5.74) is 4.91.